The third-order valence-corrected chi connectivity index (χ3v) is 9.80. The molecule has 0 radical (unpaired) electrons. The predicted octanol–water partition coefficient (Wildman–Crippen LogP) is 4.88. The smallest absolute Gasteiger partial charge is 0.210 e. The molecule has 4 bridgehead atoms. The first-order valence-electron chi connectivity index (χ1n) is 13.8. The Morgan fingerprint density at radius 3 is 2.38 bits per heavy atom. The molecular weight excluding hydrogens is 430 g/mol. The fraction of sp³-hybridized carbons (Fsp3) is 0.786. The summed E-state index contributed by atoms with van der Waals surface area (Å²) in [6, 6.07) is 8.72. The summed E-state index contributed by atoms with van der Waals surface area (Å²) in [7, 11) is 0. The van der Waals surface area contributed by atoms with Crippen molar-refractivity contribution in [3.63, 3.8) is 0 Å². The highest BCUT2D eigenvalue weighted by molar-refractivity contribution is 5.31. The number of ether oxygens (including phenoxy) is 3. The standard InChI is InChI=1S/C28H39NO5/c1-2-23(19-26(3-1)31-13-10-29-8-11-30-12-9-29)22-4-6-27(7-5-22)32-28(34-33-27)24-15-20-14-21(17-24)18-25(28)16-20/h1-3,19-22,24-25H,4-18H2. The minimum absolute atomic E-state index is 0.450. The van der Waals surface area contributed by atoms with Crippen molar-refractivity contribution in [3.8, 4) is 5.75 Å². The molecule has 5 saturated carbocycles. The number of morpholine rings is 1. The first kappa shape index (κ1) is 22.1. The van der Waals surface area contributed by atoms with Crippen molar-refractivity contribution >= 4 is 0 Å². The monoisotopic (exact) mass is 469 g/mol. The SMILES string of the molecule is c1cc(OCCN2CCOCC2)cc(C2CCC3(CC2)OOC2(O3)C3CC4CC(C3)CC2C4)c1. The Kier molecular flexibility index (Phi) is 5.67. The third kappa shape index (κ3) is 3.90. The fourth-order valence-electron chi connectivity index (χ4n) is 8.16. The minimum atomic E-state index is -0.530. The molecule has 0 atom stereocenters. The molecule has 6 nitrogen and oxygen atoms in total. The van der Waals surface area contributed by atoms with Gasteiger partial charge in [-0.25, -0.2) is 0 Å². The van der Waals surface area contributed by atoms with Crippen LogP contribution in [0.2, 0.25) is 0 Å². The van der Waals surface area contributed by atoms with E-state index in [0.717, 1.165) is 82.7 Å². The van der Waals surface area contributed by atoms with Crippen LogP contribution in [0.25, 0.3) is 0 Å². The fourth-order valence-corrected chi connectivity index (χ4v) is 8.16. The molecule has 5 aliphatic carbocycles. The van der Waals surface area contributed by atoms with Crippen LogP contribution >= 0.6 is 0 Å². The first-order chi connectivity index (χ1) is 16.7. The van der Waals surface area contributed by atoms with Gasteiger partial charge in [-0.2, -0.15) is 9.78 Å². The van der Waals surface area contributed by atoms with E-state index in [9.17, 15) is 0 Å². The molecule has 0 aromatic heterocycles. The van der Waals surface area contributed by atoms with Gasteiger partial charge in [0.25, 0.3) is 0 Å². The second-order valence-corrected chi connectivity index (χ2v) is 11.9. The molecule has 0 unspecified atom stereocenters. The molecule has 2 saturated heterocycles. The summed E-state index contributed by atoms with van der Waals surface area (Å²) >= 11 is 0. The summed E-state index contributed by atoms with van der Waals surface area (Å²) < 4.78 is 18.4. The van der Waals surface area contributed by atoms with Crippen molar-refractivity contribution in [2.24, 2.45) is 23.7 Å². The second kappa shape index (κ2) is 8.74. The largest absolute Gasteiger partial charge is 0.492 e. The maximum Gasteiger partial charge on any atom is 0.210 e. The van der Waals surface area contributed by atoms with E-state index < -0.39 is 11.6 Å². The maximum absolute atomic E-state index is 6.89. The summed E-state index contributed by atoms with van der Waals surface area (Å²) in [6.45, 7) is 5.36. The molecule has 2 aliphatic heterocycles. The molecule has 1 aromatic rings. The van der Waals surface area contributed by atoms with Gasteiger partial charge in [0, 0.05) is 44.3 Å². The van der Waals surface area contributed by atoms with Gasteiger partial charge in [-0.05, 0) is 80.4 Å². The van der Waals surface area contributed by atoms with E-state index in [4.69, 9.17) is 24.0 Å². The zero-order valence-corrected chi connectivity index (χ0v) is 20.3. The van der Waals surface area contributed by atoms with Gasteiger partial charge in [-0.15, -0.1) is 0 Å². The summed E-state index contributed by atoms with van der Waals surface area (Å²) in [6.07, 6.45) is 10.5. The summed E-state index contributed by atoms with van der Waals surface area (Å²) in [4.78, 5) is 14.7. The lowest BCUT2D eigenvalue weighted by molar-refractivity contribution is -0.390. The zero-order chi connectivity index (χ0) is 22.6. The van der Waals surface area contributed by atoms with Gasteiger partial charge in [0.1, 0.15) is 12.4 Å². The Hall–Kier alpha value is -1.18. The van der Waals surface area contributed by atoms with E-state index in [-0.39, 0.29) is 0 Å². The number of benzene rings is 1. The van der Waals surface area contributed by atoms with Crippen LogP contribution in [0, 0.1) is 23.7 Å². The molecule has 7 fully saturated rings. The second-order valence-electron chi connectivity index (χ2n) is 11.9. The maximum atomic E-state index is 6.89. The van der Waals surface area contributed by atoms with E-state index in [2.05, 4.69) is 29.2 Å². The molecule has 186 valence electrons. The topological polar surface area (TPSA) is 49.4 Å². The van der Waals surface area contributed by atoms with Crippen molar-refractivity contribution in [2.45, 2.75) is 75.3 Å². The van der Waals surface area contributed by atoms with E-state index in [1.54, 1.807) is 0 Å². The minimum Gasteiger partial charge on any atom is -0.492 e. The number of hydrogen-bond donors (Lipinski definition) is 0. The molecule has 1 aromatic carbocycles. The van der Waals surface area contributed by atoms with Crippen LogP contribution in [0.1, 0.15) is 69.3 Å². The van der Waals surface area contributed by atoms with Crippen LogP contribution in [0.4, 0.5) is 0 Å². The van der Waals surface area contributed by atoms with Gasteiger partial charge < -0.3 is 14.2 Å². The van der Waals surface area contributed by atoms with E-state index in [0.29, 0.717) is 17.8 Å². The molecule has 8 rings (SSSR count). The molecule has 0 N–H and O–H groups in total. The lowest BCUT2D eigenvalue weighted by Crippen LogP contribution is -2.59. The van der Waals surface area contributed by atoms with Crippen LogP contribution in [0.15, 0.2) is 24.3 Å². The lowest BCUT2D eigenvalue weighted by atomic mass is 9.53. The normalized spacial score (nSPS) is 43.7. The highest BCUT2D eigenvalue weighted by Gasteiger charge is 2.66. The first-order valence-corrected chi connectivity index (χ1v) is 13.8. The molecule has 0 amide bonds. The number of hydrogen-bond acceptors (Lipinski definition) is 6. The summed E-state index contributed by atoms with van der Waals surface area (Å²) in [5, 5.41) is 0. The Morgan fingerprint density at radius 1 is 0.912 bits per heavy atom. The van der Waals surface area contributed by atoms with Crippen LogP contribution in [-0.4, -0.2) is 55.9 Å². The molecule has 34 heavy (non-hydrogen) atoms. The molecule has 7 aliphatic rings. The van der Waals surface area contributed by atoms with Crippen molar-refractivity contribution in [1.82, 2.24) is 4.90 Å². The van der Waals surface area contributed by atoms with Crippen molar-refractivity contribution in [3.05, 3.63) is 29.8 Å². The van der Waals surface area contributed by atoms with E-state index in [1.807, 2.05) is 0 Å². The Balaban J connectivity index is 0.955. The van der Waals surface area contributed by atoms with Gasteiger partial charge in [-0.3, -0.25) is 4.90 Å². The quantitative estimate of drug-likeness (QED) is 0.573. The van der Waals surface area contributed by atoms with Crippen LogP contribution < -0.4 is 4.74 Å². The van der Waals surface area contributed by atoms with E-state index in [1.165, 1.54) is 37.7 Å². The predicted molar refractivity (Wildman–Crippen MR) is 126 cm³/mol. The summed E-state index contributed by atoms with van der Waals surface area (Å²) in [5.41, 5.74) is 1.38. The van der Waals surface area contributed by atoms with Crippen LogP contribution in [0.3, 0.4) is 0 Å². The number of rotatable bonds is 5. The van der Waals surface area contributed by atoms with Crippen LogP contribution in [0.5, 0.6) is 5.75 Å². The van der Waals surface area contributed by atoms with Gasteiger partial charge in [0.2, 0.25) is 11.6 Å². The van der Waals surface area contributed by atoms with Crippen LogP contribution in [-0.2, 0) is 19.2 Å². The molecule has 2 heterocycles. The Morgan fingerprint density at radius 2 is 1.65 bits per heavy atom. The lowest BCUT2D eigenvalue weighted by Gasteiger charge is -2.57. The highest BCUT2D eigenvalue weighted by atomic mass is 17.3. The van der Waals surface area contributed by atoms with Crippen molar-refractivity contribution < 1.29 is 24.0 Å². The third-order valence-electron chi connectivity index (χ3n) is 9.80. The average Bonchev–Trinajstić information content (AvgIpc) is 3.23. The molecule has 6 heteroatoms. The van der Waals surface area contributed by atoms with E-state index >= 15 is 0 Å². The van der Waals surface area contributed by atoms with Crippen molar-refractivity contribution in [2.75, 3.05) is 39.5 Å². The van der Waals surface area contributed by atoms with Gasteiger partial charge >= 0.3 is 0 Å². The van der Waals surface area contributed by atoms with Crippen molar-refractivity contribution in [1.29, 1.82) is 0 Å². The Bertz CT molecular complexity index is 847. The van der Waals surface area contributed by atoms with Gasteiger partial charge in [0.05, 0.1) is 13.2 Å². The highest BCUT2D eigenvalue weighted by Crippen LogP contribution is 2.64. The zero-order valence-electron chi connectivity index (χ0n) is 20.3. The average molecular weight is 470 g/mol. The molecule has 2 spiro atoms. The Labute approximate surface area is 203 Å². The molecular formula is C28H39NO5. The van der Waals surface area contributed by atoms with Gasteiger partial charge in [-0.1, -0.05) is 12.1 Å². The summed E-state index contributed by atoms with van der Waals surface area (Å²) in [5.74, 6) is 3.39. The number of nitrogens with zero attached hydrogens (tertiary/aromatic N) is 1. The van der Waals surface area contributed by atoms with Gasteiger partial charge in [0.15, 0.2) is 0 Å².